The van der Waals surface area contributed by atoms with Gasteiger partial charge in [-0.2, -0.15) is 0 Å². The first-order chi connectivity index (χ1) is 7.70. The fourth-order valence-electron chi connectivity index (χ4n) is 1.47. The van der Waals surface area contributed by atoms with Gasteiger partial charge in [-0.25, -0.2) is 0 Å². The normalized spacial score (nSPS) is 10.6. The van der Waals surface area contributed by atoms with Crippen molar-refractivity contribution in [1.29, 1.82) is 5.41 Å². The fraction of sp³-hybridized carbons (Fsp3) is 0.182. The predicted octanol–water partition coefficient (Wildman–Crippen LogP) is 2.57. The van der Waals surface area contributed by atoms with Gasteiger partial charge in [-0.15, -0.1) is 0 Å². The van der Waals surface area contributed by atoms with Crippen LogP contribution in [0.4, 0.5) is 0 Å². The molecule has 1 aromatic carbocycles. The molecule has 0 aliphatic rings. The molecule has 0 saturated heterocycles. The standard InChI is InChI=1S/C11H12N2O2S/c1-14-9-4-2-3-7-5-8(15-10(7)9)6-16-11(12)13/h2-5H,6H2,1H3,(H3,12,13). The van der Waals surface area contributed by atoms with Gasteiger partial charge in [-0.1, -0.05) is 23.9 Å². The molecule has 1 aromatic heterocycles. The Morgan fingerprint density at radius 2 is 2.38 bits per heavy atom. The number of ether oxygens (including phenoxy) is 1. The van der Waals surface area contributed by atoms with Gasteiger partial charge in [0.1, 0.15) is 5.76 Å². The van der Waals surface area contributed by atoms with Crippen molar-refractivity contribution in [2.45, 2.75) is 5.75 Å². The molecule has 0 saturated carbocycles. The Bertz CT molecular complexity index is 522. The van der Waals surface area contributed by atoms with Crippen molar-refractivity contribution >= 4 is 27.9 Å². The van der Waals surface area contributed by atoms with Gasteiger partial charge in [-0.05, 0) is 12.1 Å². The molecule has 0 spiro atoms. The van der Waals surface area contributed by atoms with Crippen LogP contribution in [0.5, 0.6) is 5.75 Å². The highest BCUT2D eigenvalue weighted by molar-refractivity contribution is 8.13. The SMILES string of the molecule is COc1cccc2cc(CSC(=N)N)oc12. The van der Waals surface area contributed by atoms with Crippen LogP contribution in [0.3, 0.4) is 0 Å². The summed E-state index contributed by atoms with van der Waals surface area (Å²) in [5.74, 6) is 2.07. The maximum absolute atomic E-state index is 7.13. The summed E-state index contributed by atoms with van der Waals surface area (Å²) in [5.41, 5.74) is 6.01. The third-order valence-corrected chi connectivity index (χ3v) is 2.89. The molecule has 84 valence electrons. The molecule has 0 aliphatic heterocycles. The first-order valence-corrected chi connectivity index (χ1v) is 5.71. The zero-order chi connectivity index (χ0) is 11.5. The molecule has 1 heterocycles. The minimum absolute atomic E-state index is 0.0902. The molecule has 0 fully saturated rings. The Kier molecular flexibility index (Phi) is 3.05. The molecule has 2 aromatic rings. The summed E-state index contributed by atoms with van der Waals surface area (Å²) in [7, 11) is 1.61. The maximum atomic E-state index is 7.13. The number of thioether (sulfide) groups is 1. The van der Waals surface area contributed by atoms with E-state index < -0.39 is 0 Å². The number of nitrogens with one attached hydrogen (secondary N) is 1. The minimum Gasteiger partial charge on any atom is -0.493 e. The predicted molar refractivity (Wildman–Crippen MR) is 66.0 cm³/mol. The second-order valence-corrected chi connectivity index (χ2v) is 4.26. The minimum atomic E-state index is 0.0902. The molecule has 0 atom stereocenters. The summed E-state index contributed by atoms with van der Waals surface area (Å²) in [4.78, 5) is 0. The molecular formula is C11H12N2O2S. The van der Waals surface area contributed by atoms with Gasteiger partial charge in [0.2, 0.25) is 0 Å². The van der Waals surface area contributed by atoms with Gasteiger partial charge in [0, 0.05) is 5.39 Å². The van der Waals surface area contributed by atoms with Gasteiger partial charge in [-0.3, -0.25) is 5.41 Å². The Morgan fingerprint density at radius 3 is 3.06 bits per heavy atom. The van der Waals surface area contributed by atoms with E-state index in [4.69, 9.17) is 20.3 Å². The lowest BCUT2D eigenvalue weighted by Crippen LogP contribution is -2.03. The molecule has 0 amide bonds. The molecule has 0 aliphatic carbocycles. The Hall–Kier alpha value is -1.62. The quantitative estimate of drug-likeness (QED) is 0.634. The van der Waals surface area contributed by atoms with Crippen LogP contribution in [-0.2, 0) is 5.75 Å². The van der Waals surface area contributed by atoms with Crippen molar-refractivity contribution in [2.75, 3.05) is 7.11 Å². The van der Waals surface area contributed by atoms with E-state index in [0.717, 1.165) is 22.5 Å². The number of nitrogens with two attached hydrogens (primary N) is 1. The summed E-state index contributed by atoms with van der Waals surface area (Å²) in [6.45, 7) is 0. The summed E-state index contributed by atoms with van der Waals surface area (Å²) >= 11 is 1.24. The molecule has 5 heteroatoms. The Balaban J connectivity index is 2.32. The third-order valence-electron chi connectivity index (χ3n) is 2.15. The van der Waals surface area contributed by atoms with Crippen LogP contribution in [0, 0.1) is 5.41 Å². The molecule has 3 N–H and O–H groups in total. The number of hydrogen-bond acceptors (Lipinski definition) is 4. The monoisotopic (exact) mass is 236 g/mol. The number of hydrogen-bond donors (Lipinski definition) is 2. The van der Waals surface area contributed by atoms with Crippen molar-refractivity contribution in [1.82, 2.24) is 0 Å². The molecular weight excluding hydrogens is 224 g/mol. The van der Waals surface area contributed by atoms with E-state index in [1.165, 1.54) is 11.8 Å². The van der Waals surface area contributed by atoms with Crippen LogP contribution < -0.4 is 10.5 Å². The molecule has 2 rings (SSSR count). The van der Waals surface area contributed by atoms with Crippen LogP contribution in [0.1, 0.15) is 5.76 Å². The summed E-state index contributed by atoms with van der Waals surface area (Å²) in [5, 5.41) is 8.22. The van der Waals surface area contributed by atoms with Crippen molar-refractivity contribution in [3.05, 3.63) is 30.0 Å². The van der Waals surface area contributed by atoms with Crippen LogP contribution in [0.25, 0.3) is 11.0 Å². The average molecular weight is 236 g/mol. The van der Waals surface area contributed by atoms with Crippen LogP contribution in [-0.4, -0.2) is 12.3 Å². The van der Waals surface area contributed by atoms with E-state index >= 15 is 0 Å². The number of para-hydroxylation sites is 1. The largest absolute Gasteiger partial charge is 0.493 e. The highest BCUT2D eigenvalue weighted by Gasteiger charge is 2.08. The number of rotatable bonds is 3. The molecule has 4 nitrogen and oxygen atoms in total. The number of benzene rings is 1. The van der Waals surface area contributed by atoms with E-state index in [0.29, 0.717) is 5.75 Å². The molecule has 16 heavy (non-hydrogen) atoms. The highest BCUT2D eigenvalue weighted by Crippen LogP contribution is 2.29. The van der Waals surface area contributed by atoms with Gasteiger partial charge >= 0.3 is 0 Å². The van der Waals surface area contributed by atoms with E-state index in [1.807, 2.05) is 24.3 Å². The first kappa shape index (κ1) is 10.9. The second kappa shape index (κ2) is 4.49. The van der Waals surface area contributed by atoms with Crippen molar-refractivity contribution in [2.24, 2.45) is 5.73 Å². The molecule has 0 radical (unpaired) electrons. The second-order valence-electron chi connectivity index (χ2n) is 3.24. The zero-order valence-electron chi connectivity index (χ0n) is 8.82. The first-order valence-electron chi connectivity index (χ1n) is 4.73. The number of fused-ring (bicyclic) bond motifs is 1. The van der Waals surface area contributed by atoms with Gasteiger partial charge < -0.3 is 14.9 Å². The number of furan rings is 1. The van der Waals surface area contributed by atoms with Gasteiger partial charge in [0.05, 0.1) is 12.9 Å². The zero-order valence-corrected chi connectivity index (χ0v) is 9.64. The fourth-order valence-corrected chi connectivity index (χ4v) is 1.91. The van der Waals surface area contributed by atoms with E-state index in [-0.39, 0.29) is 5.17 Å². The lowest BCUT2D eigenvalue weighted by molar-refractivity contribution is 0.408. The Morgan fingerprint density at radius 1 is 1.56 bits per heavy atom. The van der Waals surface area contributed by atoms with Gasteiger partial charge in [0.25, 0.3) is 0 Å². The number of amidine groups is 1. The molecule has 0 unspecified atom stereocenters. The van der Waals surface area contributed by atoms with Crippen LogP contribution >= 0.6 is 11.8 Å². The van der Waals surface area contributed by atoms with E-state index in [9.17, 15) is 0 Å². The maximum Gasteiger partial charge on any atom is 0.176 e. The highest BCUT2D eigenvalue weighted by atomic mass is 32.2. The van der Waals surface area contributed by atoms with E-state index in [2.05, 4.69) is 0 Å². The summed E-state index contributed by atoms with van der Waals surface area (Å²) in [6.07, 6.45) is 0. The average Bonchev–Trinajstić information content (AvgIpc) is 2.68. The van der Waals surface area contributed by atoms with Gasteiger partial charge in [0.15, 0.2) is 16.5 Å². The lowest BCUT2D eigenvalue weighted by atomic mass is 10.2. The summed E-state index contributed by atoms with van der Waals surface area (Å²) in [6, 6.07) is 7.67. The van der Waals surface area contributed by atoms with Crippen molar-refractivity contribution < 1.29 is 9.15 Å². The third kappa shape index (κ3) is 2.14. The Labute approximate surface area is 97.3 Å². The van der Waals surface area contributed by atoms with Crippen molar-refractivity contribution in [3.8, 4) is 5.75 Å². The number of methoxy groups -OCH3 is 1. The van der Waals surface area contributed by atoms with Crippen LogP contribution in [0.2, 0.25) is 0 Å². The lowest BCUT2D eigenvalue weighted by Gasteiger charge is -1.98. The van der Waals surface area contributed by atoms with Crippen molar-refractivity contribution in [3.63, 3.8) is 0 Å². The van der Waals surface area contributed by atoms with E-state index in [1.54, 1.807) is 7.11 Å². The smallest absolute Gasteiger partial charge is 0.176 e. The summed E-state index contributed by atoms with van der Waals surface area (Å²) < 4.78 is 10.8. The topological polar surface area (TPSA) is 72.2 Å². The molecule has 0 bridgehead atoms. The van der Waals surface area contributed by atoms with Crippen LogP contribution in [0.15, 0.2) is 28.7 Å².